The summed E-state index contributed by atoms with van der Waals surface area (Å²) in [6.07, 6.45) is 7.52. The number of hydrogen-bond acceptors (Lipinski definition) is 1. The van der Waals surface area contributed by atoms with Gasteiger partial charge in [-0.05, 0) is 30.9 Å². The summed E-state index contributed by atoms with van der Waals surface area (Å²) >= 11 is 0. The van der Waals surface area contributed by atoms with Crippen molar-refractivity contribution in [1.82, 2.24) is 5.32 Å². The van der Waals surface area contributed by atoms with Gasteiger partial charge in [-0.25, -0.2) is 0 Å². The second-order valence-electron chi connectivity index (χ2n) is 4.18. The van der Waals surface area contributed by atoms with Crippen molar-refractivity contribution in [2.24, 2.45) is 0 Å². The van der Waals surface area contributed by atoms with E-state index in [2.05, 4.69) is 55.4 Å². The van der Waals surface area contributed by atoms with Crippen LogP contribution in [-0.4, -0.2) is 12.6 Å². The first kappa shape index (κ1) is 12.8. The number of benzene rings is 1. The van der Waals surface area contributed by atoms with Crippen LogP contribution < -0.4 is 5.32 Å². The van der Waals surface area contributed by atoms with E-state index in [1.807, 2.05) is 0 Å². The second kappa shape index (κ2) is 7.09. The van der Waals surface area contributed by atoms with Crippen LogP contribution in [0.5, 0.6) is 0 Å². The molecule has 1 nitrogen and oxygen atoms in total. The highest BCUT2D eigenvalue weighted by molar-refractivity contribution is 5.18. The Labute approximate surface area is 99.3 Å². The summed E-state index contributed by atoms with van der Waals surface area (Å²) in [7, 11) is 0. The molecule has 1 heteroatoms. The lowest BCUT2D eigenvalue weighted by Gasteiger charge is -2.14. The Morgan fingerprint density at radius 3 is 2.56 bits per heavy atom. The maximum atomic E-state index is 5.40. The molecular weight excluding hydrogens is 194 g/mol. The molecule has 0 fully saturated rings. The first-order valence-corrected chi connectivity index (χ1v) is 6.02. The Kier molecular flexibility index (Phi) is 5.67. The molecule has 1 N–H and O–H groups in total. The molecule has 0 heterocycles. The molecule has 0 saturated heterocycles. The fourth-order valence-corrected chi connectivity index (χ4v) is 1.74. The van der Waals surface area contributed by atoms with Crippen LogP contribution in [-0.2, 0) is 0 Å². The first-order chi connectivity index (χ1) is 7.77. The van der Waals surface area contributed by atoms with E-state index in [0.29, 0.717) is 5.92 Å². The minimum Gasteiger partial charge on any atom is -0.304 e. The van der Waals surface area contributed by atoms with E-state index >= 15 is 0 Å². The molecule has 0 bridgehead atoms. The highest BCUT2D eigenvalue weighted by atomic mass is 14.9. The van der Waals surface area contributed by atoms with Crippen LogP contribution in [0, 0.1) is 12.3 Å². The van der Waals surface area contributed by atoms with E-state index in [-0.39, 0.29) is 6.04 Å². The fraction of sp³-hybridized carbons (Fsp3) is 0.467. The fourth-order valence-electron chi connectivity index (χ4n) is 1.74. The molecule has 0 saturated carbocycles. The quantitative estimate of drug-likeness (QED) is 0.719. The van der Waals surface area contributed by atoms with Gasteiger partial charge in [0.25, 0.3) is 0 Å². The lowest BCUT2D eigenvalue weighted by atomic mass is 9.98. The summed E-state index contributed by atoms with van der Waals surface area (Å²) in [5, 5.41) is 3.38. The van der Waals surface area contributed by atoms with Gasteiger partial charge in [-0.15, -0.1) is 6.42 Å². The summed E-state index contributed by atoms with van der Waals surface area (Å²) in [4.78, 5) is 0. The first-order valence-electron chi connectivity index (χ1n) is 6.02. The molecule has 0 radical (unpaired) electrons. The topological polar surface area (TPSA) is 12.0 Å². The highest BCUT2D eigenvalue weighted by Crippen LogP contribution is 2.17. The molecular formula is C15H21N. The Morgan fingerprint density at radius 1 is 1.31 bits per heavy atom. The second-order valence-corrected chi connectivity index (χ2v) is 4.18. The molecule has 0 aliphatic heterocycles. The van der Waals surface area contributed by atoms with Gasteiger partial charge in [-0.3, -0.25) is 0 Å². The van der Waals surface area contributed by atoms with Crippen molar-refractivity contribution in [3.05, 3.63) is 35.9 Å². The lowest BCUT2D eigenvalue weighted by molar-refractivity contribution is 0.545. The smallest absolute Gasteiger partial charge is 0.0684 e. The Balaban J connectivity index is 2.31. The van der Waals surface area contributed by atoms with Crippen LogP contribution in [0.25, 0.3) is 0 Å². The van der Waals surface area contributed by atoms with Crippen molar-refractivity contribution < 1.29 is 0 Å². The molecule has 0 aliphatic rings. The summed E-state index contributed by atoms with van der Waals surface area (Å²) < 4.78 is 0. The van der Waals surface area contributed by atoms with Crippen molar-refractivity contribution in [2.45, 2.75) is 38.6 Å². The summed E-state index contributed by atoms with van der Waals surface area (Å²) in [5.74, 6) is 3.34. The van der Waals surface area contributed by atoms with Gasteiger partial charge in [-0.1, -0.05) is 50.1 Å². The molecule has 0 aliphatic carbocycles. The van der Waals surface area contributed by atoms with E-state index in [4.69, 9.17) is 6.42 Å². The molecule has 0 spiro atoms. The van der Waals surface area contributed by atoms with Crippen molar-refractivity contribution in [1.29, 1.82) is 0 Å². The van der Waals surface area contributed by atoms with Crippen LogP contribution in [0.15, 0.2) is 30.3 Å². The number of nitrogens with one attached hydrogen (secondary N) is 1. The van der Waals surface area contributed by atoms with Gasteiger partial charge in [0.1, 0.15) is 0 Å². The third-order valence-corrected chi connectivity index (χ3v) is 2.95. The van der Waals surface area contributed by atoms with E-state index in [1.54, 1.807) is 0 Å². The molecule has 16 heavy (non-hydrogen) atoms. The molecule has 0 amide bonds. The summed E-state index contributed by atoms with van der Waals surface area (Å²) in [6, 6.07) is 10.8. The van der Waals surface area contributed by atoms with Crippen LogP contribution in [0.4, 0.5) is 0 Å². The van der Waals surface area contributed by atoms with E-state index in [0.717, 1.165) is 19.4 Å². The zero-order chi connectivity index (χ0) is 11.8. The average molecular weight is 215 g/mol. The predicted octanol–water partition coefficient (Wildman–Crippen LogP) is 3.18. The highest BCUT2D eigenvalue weighted by Gasteiger charge is 2.05. The average Bonchev–Trinajstić information content (AvgIpc) is 2.35. The predicted molar refractivity (Wildman–Crippen MR) is 70.4 cm³/mol. The molecule has 0 aromatic heterocycles. The van der Waals surface area contributed by atoms with Gasteiger partial charge >= 0.3 is 0 Å². The number of hydrogen-bond donors (Lipinski definition) is 1. The molecule has 1 aromatic rings. The van der Waals surface area contributed by atoms with Crippen LogP contribution in [0.1, 0.15) is 38.2 Å². The maximum absolute atomic E-state index is 5.40. The van der Waals surface area contributed by atoms with Gasteiger partial charge in [0.05, 0.1) is 6.04 Å². The third-order valence-electron chi connectivity index (χ3n) is 2.95. The lowest BCUT2D eigenvalue weighted by Crippen LogP contribution is -2.28. The zero-order valence-electron chi connectivity index (χ0n) is 10.2. The molecule has 2 atom stereocenters. The van der Waals surface area contributed by atoms with Crippen LogP contribution >= 0.6 is 0 Å². The van der Waals surface area contributed by atoms with Gasteiger partial charge in [0.15, 0.2) is 0 Å². The summed E-state index contributed by atoms with van der Waals surface area (Å²) in [6.45, 7) is 5.35. The van der Waals surface area contributed by atoms with Crippen molar-refractivity contribution in [3.63, 3.8) is 0 Å². The van der Waals surface area contributed by atoms with E-state index in [1.165, 1.54) is 5.56 Å². The van der Waals surface area contributed by atoms with E-state index in [9.17, 15) is 0 Å². The van der Waals surface area contributed by atoms with Crippen LogP contribution in [0.3, 0.4) is 0 Å². The Bertz CT molecular complexity index is 323. The maximum Gasteiger partial charge on any atom is 0.0684 e. The largest absolute Gasteiger partial charge is 0.304 e. The third kappa shape index (κ3) is 4.08. The molecule has 1 rings (SSSR count). The number of terminal acetylenes is 1. The van der Waals surface area contributed by atoms with Crippen molar-refractivity contribution >= 4 is 0 Å². The van der Waals surface area contributed by atoms with Gasteiger partial charge < -0.3 is 5.32 Å². The van der Waals surface area contributed by atoms with E-state index < -0.39 is 0 Å². The minimum absolute atomic E-state index is 0.225. The standard InChI is InChI=1S/C15H21N/c1-4-15(5-2)16-12-11-13(3)14-9-7-6-8-10-14/h1,6-10,13,15-16H,5,11-12H2,2-3H3. The zero-order valence-corrected chi connectivity index (χ0v) is 10.2. The molecule has 86 valence electrons. The number of rotatable bonds is 6. The normalized spacial score (nSPS) is 14.1. The Morgan fingerprint density at radius 2 is 2.00 bits per heavy atom. The monoisotopic (exact) mass is 215 g/mol. The summed E-state index contributed by atoms with van der Waals surface area (Å²) in [5.41, 5.74) is 1.40. The van der Waals surface area contributed by atoms with Crippen LogP contribution in [0.2, 0.25) is 0 Å². The molecule has 2 unspecified atom stereocenters. The molecule has 1 aromatic carbocycles. The van der Waals surface area contributed by atoms with Gasteiger partial charge in [0.2, 0.25) is 0 Å². The van der Waals surface area contributed by atoms with Crippen molar-refractivity contribution in [3.8, 4) is 12.3 Å². The van der Waals surface area contributed by atoms with Gasteiger partial charge in [-0.2, -0.15) is 0 Å². The SMILES string of the molecule is C#CC(CC)NCCC(C)c1ccccc1. The van der Waals surface area contributed by atoms with Crippen molar-refractivity contribution in [2.75, 3.05) is 6.54 Å². The van der Waals surface area contributed by atoms with Gasteiger partial charge in [0, 0.05) is 0 Å². The minimum atomic E-state index is 0.225. The Hall–Kier alpha value is -1.26.